The van der Waals surface area contributed by atoms with E-state index >= 15 is 0 Å². The zero-order valence-electron chi connectivity index (χ0n) is 9.70. The van der Waals surface area contributed by atoms with Crippen LogP contribution in [0.5, 0.6) is 5.75 Å². The van der Waals surface area contributed by atoms with Gasteiger partial charge in [0.05, 0.1) is 12.7 Å². The third kappa shape index (κ3) is 2.54. The lowest BCUT2D eigenvalue weighted by Crippen LogP contribution is -2.22. The molecule has 16 heavy (non-hydrogen) atoms. The number of hydrogen-bond donors (Lipinski definition) is 2. The van der Waals surface area contributed by atoms with E-state index in [-0.39, 0.29) is 0 Å². The van der Waals surface area contributed by atoms with E-state index in [0.717, 1.165) is 37.3 Å². The predicted octanol–water partition coefficient (Wildman–Crippen LogP) is 1.65. The molecular weight excluding hydrogens is 202 g/mol. The standard InChI is InChI=1S/C13H19NO2/c1-2-6-14-9-12(15)10-3-4-13-11(8-10)5-7-16-13/h3-4,8,12,14-15H,2,5-7,9H2,1H3. The molecule has 1 aromatic carbocycles. The van der Waals surface area contributed by atoms with Crippen molar-refractivity contribution >= 4 is 0 Å². The van der Waals surface area contributed by atoms with Gasteiger partial charge in [-0.25, -0.2) is 0 Å². The van der Waals surface area contributed by atoms with Gasteiger partial charge in [-0.3, -0.25) is 0 Å². The Morgan fingerprint density at radius 2 is 2.38 bits per heavy atom. The van der Waals surface area contributed by atoms with Crippen molar-refractivity contribution in [3.8, 4) is 5.75 Å². The van der Waals surface area contributed by atoms with Crippen molar-refractivity contribution in [3.05, 3.63) is 29.3 Å². The normalized spacial score (nSPS) is 15.6. The van der Waals surface area contributed by atoms with E-state index in [1.54, 1.807) is 0 Å². The van der Waals surface area contributed by atoms with Crippen LogP contribution in [0.3, 0.4) is 0 Å². The SMILES string of the molecule is CCCNCC(O)c1ccc2c(c1)CCO2. The minimum Gasteiger partial charge on any atom is -0.493 e. The first kappa shape index (κ1) is 11.4. The van der Waals surface area contributed by atoms with Gasteiger partial charge in [0.15, 0.2) is 0 Å². The maximum absolute atomic E-state index is 9.98. The molecule has 0 saturated heterocycles. The molecule has 1 atom stereocenters. The van der Waals surface area contributed by atoms with Crippen LogP contribution in [-0.4, -0.2) is 24.8 Å². The second-order valence-electron chi connectivity index (χ2n) is 4.19. The highest BCUT2D eigenvalue weighted by Gasteiger charge is 2.14. The van der Waals surface area contributed by atoms with Crippen LogP contribution in [0.15, 0.2) is 18.2 Å². The number of aliphatic hydroxyl groups excluding tert-OH is 1. The fraction of sp³-hybridized carbons (Fsp3) is 0.538. The molecule has 0 bridgehead atoms. The first-order valence-electron chi connectivity index (χ1n) is 5.95. The van der Waals surface area contributed by atoms with Crippen LogP contribution in [0.4, 0.5) is 0 Å². The topological polar surface area (TPSA) is 41.5 Å². The second-order valence-corrected chi connectivity index (χ2v) is 4.19. The van der Waals surface area contributed by atoms with E-state index < -0.39 is 6.10 Å². The summed E-state index contributed by atoms with van der Waals surface area (Å²) in [6, 6.07) is 5.96. The highest BCUT2D eigenvalue weighted by atomic mass is 16.5. The van der Waals surface area contributed by atoms with E-state index in [1.165, 1.54) is 5.56 Å². The molecule has 0 aromatic heterocycles. The molecule has 0 fully saturated rings. The lowest BCUT2D eigenvalue weighted by molar-refractivity contribution is 0.175. The number of rotatable bonds is 5. The molecule has 1 aliphatic heterocycles. The monoisotopic (exact) mass is 221 g/mol. The van der Waals surface area contributed by atoms with Gasteiger partial charge >= 0.3 is 0 Å². The van der Waals surface area contributed by atoms with E-state index in [1.807, 2.05) is 12.1 Å². The molecule has 3 heteroatoms. The van der Waals surface area contributed by atoms with Crippen molar-refractivity contribution < 1.29 is 9.84 Å². The summed E-state index contributed by atoms with van der Waals surface area (Å²) in [5, 5.41) is 13.2. The summed E-state index contributed by atoms with van der Waals surface area (Å²) >= 11 is 0. The molecule has 88 valence electrons. The van der Waals surface area contributed by atoms with Crippen molar-refractivity contribution in [1.29, 1.82) is 0 Å². The Kier molecular flexibility index (Phi) is 3.80. The third-order valence-corrected chi connectivity index (χ3v) is 2.86. The molecule has 2 N–H and O–H groups in total. The predicted molar refractivity (Wildman–Crippen MR) is 63.8 cm³/mol. The summed E-state index contributed by atoms with van der Waals surface area (Å²) in [6.45, 7) is 4.45. The van der Waals surface area contributed by atoms with Crippen LogP contribution in [0.2, 0.25) is 0 Å². The number of aliphatic hydroxyl groups is 1. The zero-order valence-corrected chi connectivity index (χ0v) is 9.70. The van der Waals surface area contributed by atoms with Gasteiger partial charge in [-0.1, -0.05) is 13.0 Å². The Labute approximate surface area is 96.4 Å². The summed E-state index contributed by atoms with van der Waals surface area (Å²) in [5.74, 6) is 0.970. The molecule has 0 aliphatic carbocycles. The molecule has 1 unspecified atom stereocenters. The average molecular weight is 221 g/mol. The van der Waals surface area contributed by atoms with E-state index in [0.29, 0.717) is 6.54 Å². The van der Waals surface area contributed by atoms with Gasteiger partial charge in [-0.2, -0.15) is 0 Å². The smallest absolute Gasteiger partial charge is 0.122 e. The van der Waals surface area contributed by atoms with E-state index in [9.17, 15) is 5.11 Å². The molecule has 0 saturated carbocycles. The number of nitrogens with one attached hydrogen (secondary N) is 1. The molecular formula is C13H19NO2. The van der Waals surface area contributed by atoms with E-state index in [4.69, 9.17) is 4.74 Å². The molecule has 0 amide bonds. The van der Waals surface area contributed by atoms with Gasteiger partial charge in [-0.15, -0.1) is 0 Å². The molecule has 0 spiro atoms. The summed E-state index contributed by atoms with van der Waals surface area (Å²) in [5.41, 5.74) is 2.19. The quantitative estimate of drug-likeness (QED) is 0.743. The van der Waals surface area contributed by atoms with Crippen molar-refractivity contribution in [2.24, 2.45) is 0 Å². The van der Waals surface area contributed by atoms with Gasteiger partial charge in [0.25, 0.3) is 0 Å². The second kappa shape index (κ2) is 5.32. The lowest BCUT2D eigenvalue weighted by Gasteiger charge is -2.12. The highest BCUT2D eigenvalue weighted by Crippen LogP contribution is 2.27. The molecule has 2 rings (SSSR count). The summed E-state index contributed by atoms with van der Waals surface area (Å²) < 4.78 is 5.43. The molecule has 1 heterocycles. The highest BCUT2D eigenvalue weighted by molar-refractivity contribution is 5.40. The van der Waals surface area contributed by atoms with Gasteiger partial charge in [0.2, 0.25) is 0 Å². The van der Waals surface area contributed by atoms with Crippen molar-refractivity contribution in [1.82, 2.24) is 5.32 Å². The van der Waals surface area contributed by atoms with Crippen LogP contribution < -0.4 is 10.1 Å². The Morgan fingerprint density at radius 3 is 3.19 bits per heavy atom. The van der Waals surface area contributed by atoms with Gasteiger partial charge in [0.1, 0.15) is 5.75 Å². The first-order chi connectivity index (χ1) is 7.81. The molecule has 1 aromatic rings. The fourth-order valence-electron chi connectivity index (χ4n) is 1.95. The maximum atomic E-state index is 9.98. The maximum Gasteiger partial charge on any atom is 0.122 e. The van der Waals surface area contributed by atoms with Crippen LogP contribution >= 0.6 is 0 Å². The number of fused-ring (bicyclic) bond motifs is 1. The summed E-state index contributed by atoms with van der Waals surface area (Å²) in [4.78, 5) is 0. The van der Waals surface area contributed by atoms with Crippen LogP contribution in [-0.2, 0) is 6.42 Å². The summed E-state index contributed by atoms with van der Waals surface area (Å²) in [6.07, 6.45) is 1.63. The van der Waals surface area contributed by atoms with E-state index in [2.05, 4.69) is 18.3 Å². The number of ether oxygens (including phenoxy) is 1. The molecule has 1 aliphatic rings. The largest absolute Gasteiger partial charge is 0.493 e. The summed E-state index contributed by atoms with van der Waals surface area (Å²) in [7, 11) is 0. The van der Waals surface area contributed by atoms with Crippen molar-refractivity contribution in [2.45, 2.75) is 25.9 Å². The fourth-order valence-corrected chi connectivity index (χ4v) is 1.95. The lowest BCUT2D eigenvalue weighted by atomic mass is 10.0. The van der Waals surface area contributed by atoms with Crippen molar-refractivity contribution in [3.63, 3.8) is 0 Å². The minimum absolute atomic E-state index is 0.419. The Balaban J connectivity index is 1.98. The van der Waals surface area contributed by atoms with Crippen LogP contribution in [0, 0.1) is 0 Å². The average Bonchev–Trinajstić information content (AvgIpc) is 2.76. The first-order valence-corrected chi connectivity index (χ1v) is 5.95. The number of hydrogen-bond acceptors (Lipinski definition) is 3. The van der Waals surface area contributed by atoms with Gasteiger partial charge in [-0.05, 0) is 36.2 Å². The van der Waals surface area contributed by atoms with Crippen molar-refractivity contribution in [2.75, 3.05) is 19.7 Å². The number of benzene rings is 1. The zero-order chi connectivity index (χ0) is 11.4. The third-order valence-electron chi connectivity index (χ3n) is 2.86. The Hall–Kier alpha value is -1.06. The minimum atomic E-state index is -0.419. The molecule has 0 radical (unpaired) electrons. The van der Waals surface area contributed by atoms with Gasteiger partial charge in [0, 0.05) is 13.0 Å². The Bertz CT molecular complexity index is 352. The Morgan fingerprint density at radius 1 is 1.50 bits per heavy atom. The van der Waals surface area contributed by atoms with Crippen LogP contribution in [0.1, 0.15) is 30.6 Å². The van der Waals surface area contributed by atoms with Crippen LogP contribution in [0.25, 0.3) is 0 Å². The van der Waals surface area contributed by atoms with Gasteiger partial charge < -0.3 is 15.2 Å². The molecule has 3 nitrogen and oxygen atoms in total.